The molecular formula is C26H27NO3. The molecule has 5 rings (SSSR count). The predicted octanol–water partition coefficient (Wildman–Crippen LogP) is 5.38. The second-order valence-corrected chi connectivity index (χ2v) is 8.65. The van der Waals surface area contributed by atoms with Gasteiger partial charge >= 0.3 is 6.09 Å². The van der Waals surface area contributed by atoms with Crippen LogP contribution in [0.25, 0.3) is 10.8 Å². The molecule has 1 N–H and O–H groups in total. The molecule has 4 heteroatoms. The predicted molar refractivity (Wildman–Crippen MR) is 117 cm³/mol. The van der Waals surface area contributed by atoms with Crippen LogP contribution in [0.1, 0.15) is 43.2 Å². The Bertz CT molecular complexity index is 1030. The summed E-state index contributed by atoms with van der Waals surface area (Å²) in [6, 6.07) is 24.1. The molecule has 0 radical (unpaired) electrons. The van der Waals surface area contributed by atoms with Crippen LogP contribution in [-0.2, 0) is 16.9 Å². The molecule has 0 spiro atoms. The quantitative estimate of drug-likeness (QED) is 0.641. The van der Waals surface area contributed by atoms with Crippen LogP contribution in [0.5, 0.6) is 0 Å². The molecule has 0 aliphatic carbocycles. The summed E-state index contributed by atoms with van der Waals surface area (Å²) in [5.41, 5.74) is 1.04. The zero-order chi connectivity index (χ0) is 20.6. The van der Waals surface area contributed by atoms with E-state index in [-0.39, 0.29) is 24.8 Å². The van der Waals surface area contributed by atoms with E-state index in [0.29, 0.717) is 12.8 Å². The molecule has 0 aromatic heterocycles. The number of hydrogen-bond donors (Lipinski definition) is 1. The van der Waals surface area contributed by atoms with Crippen LogP contribution >= 0.6 is 0 Å². The van der Waals surface area contributed by atoms with E-state index in [1.54, 1.807) is 0 Å². The molecule has 2 atom stereocenters. The van der Waals surface area contributed by atoms with Crippen LogP contribution < -0.4 is 0 Å². The zero-order valence-corrected chi connectivity index (χ0v) is 17.0. The lowest BCUT2D eigenvalue weighted by molar-refractivity contribution is -0.0888. The largest absolute Gasteiger partial charge is 0.445 e. The second-order valence-electron chi connectivity index (χ2n) is 8.65. The van der Waals surface area contributed by atoms with E-state index in [2.05, 4.69) is 18.2 Å². The number of carbonyl (C=O) groups is 1. The molecule has 2 fully saturated rings. The number of fused-ring (bicyclic) bond motifs is 3. The van der Waals surface area contributed by atoms with Crippen molar-refractivity contribution in [3.8, 4) is 0 Å². The third-order valence-corrected chi connectivity index (χ3v) is 6.72. The number of rotatable bonds is 3. The fraction of sp³-hybridized carbons (Fsp3) is 0.346. The van der Waals surface area contributed by atoms with Crippen LogP contribution in [0.15, 0.2) is 72.8 Å². The molecule has 0 saturated carbocycles. The number of nitrogens with zero attached hydrogens (tertiary/aromatic N) is 1. The Labute approximate surface area is 177 Å². The zero-order valence-electron chi connectivity index (χ0n) is 17.0. The summed E-state index contributed by atoms with van der Waals surface area (Å²) in [5.74, 6) is 0. The number of carbonyl (C=O) groups excluding carboxylic acids is 1. The Morgan fingerprint density at radius 1 is 0.933 bits per heavy atom. The highest BCUT2D eigenvalue weighted by atomic mass is 16.6. The lowest BCUT2D eigenvalue weighted by Crippen LogP contribution is -2.58. The first-order chi connectivity index (χ1) is 14.6. The van der Waals surface area contributed by atoms with Crippen molar-refractivity contribution in [2.45, 2.75) is 56.4 Å². The van der Waals surface area contributed by atoms with Gasteiger partial charge in [0.2, 0.25) is 0 Å². The first kappa shape index (κ1) is 19.1. The van der Waals surface area contributed by atoms with Gasteiger partial charge in [-0.05, 0) is 41.2 Å². The summed E-state index contributed by atoms with van der Waals surface area (Å²) in [5, 5.41) is 14.0. The molecule has 30 heavy (non-hydrogen) atoms. The maximum atomic E-state index is 13.0. The molecule has 4 nitrogen and oxygen atoms in total. The average Bonchev–Trinajstić information content (AvgIpc) is 2.77. The lowest BCUT2D eigenvalue weighted by Gasteiger charge is -2.51. The number of ether oxygens (including phenoxy) is 1. The fourth-order valence-electron chi connectivity index (χ4n) is 5.37. The van der Waals surface area contributed by atoms with Gasteiger partial charge in [0.1, 0.15) is 6.61 Å². The SMILES string of the molecule is O=C(OCc1ccccc1)N1C2CCCC1CC(O)(c1cccc3ccccc13)C2. The topological polar surface area (TPSA) is 49.8 Å². The Balaban J connectivity index is 1.38. The average molecular weight is 402 g/mol. The number of amides is 1. The third kappa shape index (κ3) is 3.46. The molecule has 2 bridgehead atoms. The van der Waals surface area contributed by atoms with Crippen molar-refractivity contribution < 1.29 is 14.6 Å². The first-order valence-corrected chi connectivity index (χ1v) is 10.8. The van der Waals surface area contributed by atoms with Crippen LogP contribution in [0, 0.1) is 0 Å². The number of benzene rings is 3. The Morgan fingerprint density at radius 2 is 1.60 bits per heavy atom. The van der Waals surface area contributed by atoms with Crippen molar-refractivity contribution >= 4 is 16.9 Å². The van der Waals surface area contributed by atoms with Gasteiger partial charge < -0.3 is 14.7 Å². The van der Waals surface area contributed by atoms with E-state index in [1.807, 2.05) is 59.5 Å². The molecule has 2 heterocycles. The highest BCUT2D eigenvalue weighted by Crippen LogP contribution is 2.46. The van der Waals surface area contributed by atoms with Crippen molar-refractivity contribution in [2.24, 2.45) is 0 Å². The van der Waals surface area contributed by atoms with Crippen LogP contribution in [0.2, 0.25) is 0 Å². The van der Waals surface area contributed by atoms with Crippen LogP contribution in [0.3, 0.4) is 0 Å². The maximum Gasteiger partial charge on any atom is 0.410 e. The molecule has 2 aliphatic heterocycles. The highest BCUT2D eigenvalue weighted by Gasteiger charge is 2.49. The third-order valence-electron chi connectivity index (χ3n) is 6.72. The molecule has 3 aromatic rings. The molecule has 154 valence electrons. The fourth-order valence-corrected chi connectivity index (χ4v) is 5.37. The summed E-state index contributed by atoms with van der Waals surface area (Å²) >= 11 is 0. The van der Waals surface area contributed by atoms with Gasteiger partial charge in [0.25, 0.3) is 0 Å². The van der Waals surface area contributed by atoms with Crippen molar-refractivity contribution in [3.63, 3.8) is 0 Å². The Hall–Kier alpha value is -2.85. The minimum absolute atomic E-state index is 0.00439. The number of piperidine rings is 2. The van der Waals surface area contributed by atoms with Crippen molar-refractivity contribution in [1.29, 1.82) is 0 Å². The van der Waals surface area contributed by atoms with Crippen molar-refractivity contribution in [3.05, 3.63) is 83.9 Å². The van der Waals surface area contributed by atoms with Crippen molar-refractivity contribution in [2.75, 3.05) is 0 Å². The summed E-state index contributed by atoms with van der Waals surface area (Å²) in [7, 11) is 0. The molecular weight excluding hydrogens is 374 g/mol. The van der Waals surface area contributed by atoms with E-state index in [9.17, 15) is 9.90 Å². The summed E-state index contributed by atoms with van der Waals surface area (Å²) in [6.07, 6.45) is 3.75. The smallest absolute Gasteiger partial charge is 0.410 e. The molecule has 2 aliphatic rings. The minimum Gasteiger partial charge on any atom is -0.445 e. The Kier molecular flexibility index (Phi) is 4.95. The van der Waals surface area contributed by atoms with Crippen LogP contribution in [0.4, 0.5) is 4.79 Å². The summed E-state index contributed by atoms with van der Waals surface area (Å²) in [4.78, 5) is 14.9. The maximum absolute atomic E-state index is 13.0. The minimum atomic E-state index is -0.924. The normalized spacial score (nSPS) is 25.8. The van der Waals surface area contributed by atoms with E-state index in [0.717, 1.165) is 41.2 Å². The first-order valence-electron chi connectivity index (χ1n) is 10.8. The van der Waals surface area contributed by atoms with E-state index < -0.39 is 5.60 Å². The van der Waals surface area contributed by atoms with Gasteiger partial charge in [-0.25, -0.2) is 4.79 Å². The van der Waals surface area contributed by atoms with Gasteiger partial charge in [-0.1, -0.05) is 72.8 Å². The molecule has 1 amide bonds. The van der Waals surface area contributed by atoms with Crippen molar-refractivity contribution in [1.82, 2.24) is 4.90 Å². The summed E-state index contributed by atoms with van der Waals surface area (Å²) in [6.45, 7) is 0.281. The molecule has 2 unspecified atom stereocenters. The summed E-state index contributed by atoms with van der Waals surface area (Å²) < 4.78 is 5.65. The van der Waals surface area contributed by atoms with E-state index in [1.165, 1.54) is 0 Å². The standard InChI is InChI=1S/C26H27NO3/c28-25(30-18-19-8-2-1-3-9-19)27-21-12-7-13-22(27)17-26(29,16-21)24-15-6-11-20-10-4-5-14-23(20)24/h1-6,8-11,14-15,21-22,29H,7,12-13,16-18H2. The lowest BCUT2D eigenvalue weighted by atomic mass is 9.72. The number of hydrogen-bond acceptors (Lipinski definition) is 3. The monoisotopic (exact) mass is 401 g/mol. The van der Waals surface area contributed by atoms with Gasteiger partial charge in [-0.2, -0.15) is 0 Å². The molecule has 2 saturated heterocycles. The van der Waals surface area contributed by atoms with Gasteiger partial charge in [0, 0.05) is 24.9 Å². The second kappa shape index (κ2) is 7.77. The highest BCUT2D eigenvalue weighted by molar-refractivity contribution is 5.86. The van der Waals surface area contributed by atoms with E-state index in [4.69, 9.17) is 4.74 Å². The number of aliphatic hydroxyl groups is 1. The van der Waals surface area contributed by atoms with Gasteiger partial charge in [-0.3, -0.25) is 0 Å². The van der Waals surface area contributed by atoms with Gasteiger partial charge in [0.05, 0.1) is 5.60 Å². The molecule has 3 aromatic carbocycles. The van der Waals surface area contributed by atoms with Gasteiger partial charge in [-0.15, -0.1) is 0 Å². The Morgan fingerprint density at radius 3 is 2.37 bits per heavy atom. The van der Waals surface area contributed by atoms with Crippen LogP contribution in [-0.4, -0.2) is 28.2 Å². The van der Waals surface area contributed by atoms with Gasteiger partial charge in [0.15, 0.2) is 0 Å². The van der Waals surface area contributed by atoms with E-state index >= 15 is 0 Å².